The molecule has 4 aromatic carbocycles. The first kappa shape index (κ1) is 32.0. The lowest BCUT2D eigenvalue weighted by molar-refractivity contribution is 0.107. The molecule has 13 heteroatoms. The van der Waals surface area contributed by atoms with E-state index in [-0.39, 0.29) is 37.7 Å². The predicted molar refractivity (Wildman–Crippen MR) is 154 cm³/mol. The van der Waals surface area contributed by atoms with Crippen molar-refractivity contribution in [2.45, 2.75) is 13.2 Å². The molecule has 2 radical (unpaired) electrons. The van der Waals surface area contributed by atoms with Gasteiger partial charge in [0.25, 0.3) is 0 Å². The van der Waals surface area contributed by atoms with E-state index < -0.39 is 34.9 Å². The van der Waals surface area contributed by atoms with Gasteiger partial charge in [0.05, 0.1) is 13.2 Å². The minimum Gasteiger partial charge on any atom is -0.432 e. The Kier molecular flexibility index (Phi) is 12.0. The van der Waals surface area contributed by atoms with Crippen molar-refractivity contribution in [1.29, 1.82) is 0 Å². The lowest BCUT2D eigenvalue weighted by Crippen LogP contribution is -2.21. The maximum atomic E-state index is 13.3. The first-order valence-electron chi connectivity index (χ1n) is 13.2. The van der Waals surface area contributed by atoms with Gasteiger partial charge in [-0.05, 0) is 11.1 Å². The lowest BCUT2D eigenvalue weighted by atomic mass is 9.87. The van der Waals surface area contributed by atoms with Crippen LogP contribution in [0.1, 0.15) is 11.1 Å². The van der Waals surface area contributed by atoms with Crippen LogP contribution < -0.4 is 21.6 Å². The first-order chi connectivity index (χ1) is 20.8. The van der Waals surface area contributed by atoms with Gasteiger partial charge < -0.3 is 24.7 Å². The molecule has 0 bridgehead atoms. The fourth-order valence-electron chi connectivity index (χ4n) is 3.87. The Hall–Kier alpha value is -3.93. The minimum atomic E-state index is -1.51. The van der Waals surface area contributed by atoms with Crippen molar-refractivity contribution in [1.82, 2.24) is 0 Å². The summed E-state index contributed by atoms with van der Waals surface area (Å²) in [6, 6.07) is 18.6. The number of nitrogens with one attached hydrogen (secondary N) is 2. The second kappa shape index (κ2) is 16.1. The van der Waals surface area contributed by atoms with Crippen molar-refractivity contribution in [3.8, 4) is 0 Å². The summed E-state index contributed by atoms with van der Waals surface area (Å²) in [5.41, 5.74) is 3.76. The van der Waals surface area contributed by atoms with E-state index in [0.717, 1.165) is 46.3 Å². The SMILES string of the molecule is Fc1cc(NCCO[B]c2ccc(COCc3cccc([B]OCCNc4cc(F)c(F)c(F)c4)c3)cc2)cc(F)c1F. The zero-order valence-corrected chi connectivity index (χ0v) is 22.8. The van der Waals surface area contributed by atoms with Crippen LogP contribution in [-0.2, 0) is 27.3 Å². The maximum Gasteiger partial charge on any atom is 0.330 e. The number of hydrogen-bond acceptors (Lipinski definition) is 5. The van der Waals surface area contributed by atoms with Gasteiger partial charge in [-0.3, -0.25) is 0 Å². The van der Waals surface area contributed by atoms with Crippen LogP contribution in [-0.4, -0.2) is 41.3 Å². The first-order valence-corrected chi connectivity index (χ1v) is 13.2. The van der Waals surface area contributed by atoms with E-state index in [1.165, 1.54) is 0 Å². The Balaban J connectivity index is 1.09. The Bertz CT molecular complexity index is 1450. The van der Waals surface area contributed by atoms with Crippen LogP contribution in [0.5, 0.6) is 0 Å². The smallest absolute Gasteiger partial charge is 0.330 e. The van der Waals surface area contributed by atoms with Gasteiger partial charge in [0, 0.05) is 61.9 Å². The highest BCUT2D eigenvalue weighted by Crippen LogP contribution is 2.18. The monoisotopic (exact) mass is 598 g/mol. The third kappa shape index (κ3) is 10.1. The fraction of sp³-hybridized carbons (Fsp3) is 0.200. The average molecular weight is 598 g/mol. The van der Waals surface area contributed by atoms with E-state index in [1.807, 2.05) is 48.5 Å². The molecule has 0 heterocycles. The highest BCUT2D eigenvalue weighted by atomic mass is 19.2. The summed E-state index contributed by atoms with van der Waals surface area (Å²) < 4.78 is 95.8. The van der Waals surface area contributed by atoms with E-state index in [4.69, 9.17) is 14.0 Å². The lowest BCUT2D eigenvalue weighted by Gasteiger charge is -2.09. The minimum absolute atomic E-state index is 0.118. The Morgan fingerprint density at radius 2 is 1.02 bits per heavy atom. The fourth-order valence-corrected chi connectivity index (χ4v) is 3.87. The Labute approximate surface area is 246 Å². The summed E-state index contributed by atoms with van der Waals surface area (Å²) >= 11 is 0. The molecule has 43 heavy (non-hydrogen) atoms. The molecule has 0 atom stereocenters. The third-order valence-electron chi connectivity index (χ3n) is 5.97. The largest absolute Gasteiger partial charge is 0.432 e. The maximum absolute atomic E-state index is 13.3. The number of anilines is 2. The van der Waals surface area contributed by atoms with Gasteiger partial charge in [0.2, 0.25) is 0 Å². The molecule has 222 valence electrons. The van der Waals surface area contributed by atoms with Gasteiger partial charge in [-0.2, -0.15) is 0 Å². The number of benzene rings is 4. The zero-order chi connectivity index (χ0) is 30.6. The number of rotatable bonds is 16. The van der Waals surface area contributed by atoms with E-state index in [9.17, 15) is 26.3 Å². The van der Waals surface area contributed by atoms with Gasteiger partial charge in [0.1, 0.15) is 0 Å². The second-order valence-electron chi connectivity index (χ2n) is 9.32. The van der Waals surface area contributed by atoms with Crippen LogP contribution in [0.25, 0.3) is 0 Å². The molecule has 0 saturated carbocycles. The molecular weight excluding hydrogens is 572 g/mol. The normalized spacial score (nSPS) is 10.9. The highest BCUT2D eigenvalue weighted by Gasteiger charge is 2.11. The molecule has 0 saturated heterocycles. The molecule has 0 unspecified atom stereocenters. The molecular formula is C30H26B2F6N2O3. The average Bonchev–Trinajstić information content (AvgIpc) is 2.99. The molecule has 5 nitrogen and oxygen atoms in total. The number of ether oxygens (including phenoxy) is 1. The van der Waals surface area contributed by atoms with Crippen molar-refractivity contribution in [2.75, 3.05) is 36.9 Å². The van der Waals surface area contributed by atoms with Crippen LogP contribution >= 0.6 is 0 Å². The summed E-state index contributed by atoms with van der Waals surface area (Å²) in [5.74, 6) is -8.06. The molecule has 0 aliphatic rings. The van der Waals surface area contributed by atoms with E-state index in [1.54, 1.807) is 15.0 Å². The molecule has 0 spiro atoms. The van der Waals surface area contributed by atoms with Crippen LogP contribution in [0, 0.1) is 34.9 Å². The Morgan fingerprint density at radius 1 is 0.535 bits per heavy atom. The van der Waals surface area contributed by atoms with Crippen molar-refractivity contribution in [3.63, 3.8) is 0 Å². The molecule has 2 N–H and O–H groups in total. The molecule has 0 amide bonds. The van der Waals surface area contributed by atoms with Gasteiger partial charge in [-0.25, -0.2) is 26.3 Å². The quantitative estimate of drug-likeness (QED) is 0.0826. The van der Waals surface area contributed by atoms with E-state index in [0.29, 0.717) is 13.2 Å². The van der Waals surface area contributed by atoms with Crippen molar-refractivity contribution < 1.29 is 40.4 Å². The summed E-state index contributed by atoms with van der Waals surface area (Å²) in [4.78, 5) is 0. The van der Waals surface area contributed by atoms with Crippen LogP contribution in [0.2, 0.25) is 0 Å². The second-order valence-corrected chi connectivity index (χ2v) is 9.32. The summed E-state index contributed by atoms with van der Waals surface area (Å²) in [7, 11) is 3.12. The zero-order valence-electron chi connectivity index (χ0n) is 22.8. The molecule has 4 rings (SSSR count). The Morgan fingerprint density at radius 3 is 1.56 bits per heavy atom. The summed E-state index contributed by atoms with van der Waals surface area (Å²) in [6.07, 6.45) is 0. The van der Waals surface area contributed by atoms with Gasteiger partial charge in [0.15, 0.2) is 34.9 Å². The molecule has 0 aromatic heterocycles. The summed E-state index contributed by atoms with van der Waals surface area (Å²) in [6.45, 7) is 1.72. The van der Waals surface area contributed by atoms with Gasteiger partial charge in [-0.15, -0.1) is 0 Å². The van der Waals surface area contributed by atoms with Gasteiger partial charge >= 0.3 is 15.0 Å². The molecule has 0 aliphatic carbocycles. The van der Waals surface area contributed by atoms with Crippen LogP contribution in [0.15, 0.2) is 72.8 Å². The predicted octanol–water partition coefficient (Wildman–Crippen LogP) is 4.98. The van der Waals surface area contributed by atoms with Crippen molar-refractivity contribution in [2.24, 2.45) is 0 Å². The number of hydrogen-bond donors (Lipinski definition) is 2. The highest BCUT2D eigenvalue weighted by molar-refractivity contribution is 6.47. The van der Waals surface area contributed by atoms with Crippen molar-refractivity contribution >= 4 is 37.3 Å². The van der Waals surface area contributed by atoms with Crippen molar-refractivity contribution in [3.05, 3.63) is 119 Å². The van der Waals surface area contributed by atoms with Crippen LogP contribution in [0.3, 0.4) is 0 Å². The van der Waals surface area contributed by atoms with Gasteiger partial charge in [-0.1, -0.05) is 59.5 Å². The number of halogens is 6. The third-order valence-corrected chi connectivity index (χ3v) is 5.97. The molecule has 0 aliphatic heterocycles. The van der Waals surface area contributed by atoms with E-state index >= 15 is 0 Å². The molecule has 0 fully saturated rings. The van der Waals surface area contributed by atoms with E-state index in [2.05, 4.69) is 10.6 Å². The van der Waals surface area contributed by atoms with Crippen LogP contribution in [0.4, 0.5) is 37.7 Å². The topological polar surface area (TPSA) is 51.8 Å². The standard InChI is InChI=1S/C30H26B2F6N2O3/c33-25-13-23(14-26(34)29(25)37)39-8-10-42-31-21-6-4-19(5-7-21)17-41-18-20-2-1-3-22(12-20)32-43-11-9-40-24-15-27(35)30(38)28(36)16-24/h1-7,12-16,39-40H,8-11,17-18H2. The summed E-state index contributed by atoms with van der Waals surface area (Å²) in [5, 5.41) is 5.53. The molecule has 4 aromatic rings.